The van der Waals surface area contributed by atoms with Crippen molar-refractivity contribution in [1.29, 1.82) is 0 Å². The van der Waals surface area contributed by atoms with Gasteiger partial charge in [-0.15, -0.1) is 0 Å². The maximum Gasteiger partial charge on any atom is 0.330 e. The van der Waals surface area contributed by atoms with E-state index in [2.05, 4.69) is 41.2 Å². The van der Waals surface area contributed by atoms with Crippen molar-refractivity contribution in [1.82, 2.24) is 0 Å². The van der Waals surface area contributed by atoms with Crippen LogP contribution in [0.1, 0.15) is 115 Å². The van der Waals surface area contributed by atoms with Gasteiger partial charge in [0, 0.05) is 18.1 Å². The lowest BCUT2D eigenvalue weighted by atomic mass is 9.81. The number of carbonyl (C=O) groups excluding carboxylic acids is 1. The molecule has 1 aromatic rings. The molecule has 4 atom stereocenters. The van der Waals surface area contributed by atoms with Gasteiger partial charge in [-0.3, -0.25) is 0 Å². The standard InChI is InChI=1S/C32H52O4/c1-10-29(33)35-28-20-27-26(8)30(34)24(6)25(7)31(27)36-32(28,9)19-13-18-23(5)17-12-16-22(4)15-11-14-21(2)3/h10,21-23,28,34H,1,11-20H2,2-9H3/t22-,23+,28?,32-/m0/s1. The lowest BCUT2D eigenvalue weighted by Gasteiger charge is -2.43. The number of rotatable bonds is 14. The fourth-order valence-electron chi connectivity index (χ4n) is 5.60. The number of hydrogen-bond acceptors (Lipinski definition) is 4. The number of hydrogen-bond donors (Lipinski definition) is 1. The first-order valence-corrected chi connectivity index (χ1v) is 14.2. The van der Waals surface area contributed by atoms with Gasteiger partial charge in [0.15, 0.2) is 0 Å². The van der Waals surface area contributed by atoms with Crippen molar-refractivity contribution in [2.75, 3.05) is 0 Å². The third-order valence-corrected chi connectivity index (χ3v) is 8.41. The lowest BCUT2D eigenvalue weighted by molar-refractivity contribution is -0.157. The molecular weight excluding hydrogens is 448 g/mol. The van der Waals surface area contributed by atoms with Gasteiger partial charge in [-0.1, -0.05) is 79.2 Å². The van der Waals surface area contributed by atoms with Crippen LogP contribution < -0.4 is 4.74 Å². The van der Waals surface area contributed by atoms with Crippen molar-refractivity contribution in [3.63, 3.8) is 0 Å². The van der Waals surface area contributed by atoms with E-state index in [0.29, 0.717) is 18.1 Å². The molecule has 4 heteroatoms. The van der Waals surface area contributed by atoms with Gasteiger partial charge in [0.2, 0.25) is 0 Å². The van der Waals surface area contributed by atoms with Gasteiger partial charge in [0.05, 0.1) is 0 Å². The predicted octanol–water partition coefficient (Wildman–Crippen LogP) is 8.55. The van der Waals surface area contributed by atoms with Gasteiger partial charge in [0.25, 0.3) is 0 Å². The highest BCUT2D eigenvalue weighted by Gasteiger charge is 2.44. The summed E-state index contributed by atoms with van der Waals surface area (Å²) in [5, 5.41) is 10.6. The van der Waals surface area contributed by atoms with Crippen LogP contribution in [-0.4, -0.2) is 22.8 Å². The van der Waals surface area contributed by atoms with E-state index in [-0.39, 0.29) is 0 Å². The van der Waals surface area contributed by atoms with Gasteiger partial charge in [-0.05, 0) is 75.0 Å². The molecule has 1 unspecified atom stereocenters. The third kappa shape index (κ3) is 8.02. The van der Waals surface area contributed by atoms with Gasteiger partial charge in [-0.2, -0.15) is 0 Å². The fraction of sp³-hybridized carbons (Fsp3) is 0.719. The van der Waals surface area contributed by atoms with E-state index in [1.807, 2.05) is 20.8 Å². The second-order valence-corrected chi connectivity index (χ2v) is 12.1. The van der Waals surface area contributed by atoms with E-state index in [4.69, 9.17) is 9.47 Å². The fourth-order valence-corrected chi connectivity index (χ4v) is 5.60. The minimum absolute atomic E-state index is 0.301. The largest absolute Gasteiger partial charge is 0.507 e. The summed E-state index contributed by atoms with van der Waals surface area (Å²) in [6.07, 6.45) is 12.2. The van der Waals surface area contributed by atoms with Crippen molar-refractivity contribution in [3.05, 3.63) is 34.9 Å². The number of aromatic hydroxyl groups is 1. The molecule has 0 aliphatic carbocycles. The number of carbonyl (C=O) groups is 1. The van der Waals surface area contributed by atoms with Crippen LogP contribution in [0.4, 0.5) is 0 Å². The molecule has 0 saturated heterocycles. The predicted molar refractivity (Wildman–Crippen MR) is 150 cm³/mol. The van der Waals surface area contributed by atoms with E-state index >= 15 is 0 Å². The Morgan fingerprint density at radius 3 is 2.11 bits per heavy atom. The van der Waals surface area contributed by atoms with E-state index in [0.717, 1.165) is 59.1 Å². The zero-order valence-electron chi connectivity index (χ0n) is 24.3. The first-order chi connectivity index (χ1) is 16.9. The normalized spacial score (nSPS) is 21.0. The minimum Gasteiger partial charge on any atom is -0.507 e. The average molecular weight is 501 g/mol. The van der Waals surface area contributed by atoms with E-state index in [9.17, 15) is 9.90 Å². The van der Waals surface area contributed by atoms with Crippen LogP contribution in [0, 0.1) is 38.5 Å². The molecule has 204 valence electrons. The zero-order chi connectivity index (χ0) is 27.0. The summed E-state index contributed by atoms with van der Waals surface area (Å²) in [6, 6.07) is 0. The van der Waals surface area contributed by atoms with Crippen molar-refractivity contribution >= 4 is 5.97 Å². The number of ether oxygens (including phenoxy) is 2. The molecule has 1 aliphatic heterocycles. The monoisotopic (exact) mass is 500 g/mol. The molecule has 1 aliphatic rings. The summed E-state index contributed by atoms with van der Waals surface area (Å²) in [4.78, 5) is 12.2. The topological polar surface area (TPSA) is 55.8 Å². The number of benzene rings is 1. The van der Waals surface area contributed by atoms with E-state index in [1.54, 1.807) is 0 Å². The number of phenolic OH excluding ortho intramolecular Hbond substituents is 1. The third-order valence-electron chi connectivity index (χ3n) is 8.41. The highest BCUT2D eigenvalue weighted by molar-refractivity contribution is 5.81. The molecule has 1 N–H and O–H groups in total. The second-order valence-electron chi connectivity index (χ2n) is 12.1. The minimum atomic E-state index is -0.614. The number of fused-ring (bicyclic) bond motifs is 1. The van der Waals surface area contributed by atoms with E-state index < -0.39 is 17.7 Å². The van der Waals surface area contributed by atoms with Crippen LogP contribution in [0.5, 0.6) is 11.5 Å². The molecular formula is C32H52O4. The molecule has 1 heterocycles. The van der Waals surface area contributed by atoms with Crippen LogP contribution in [0.2, 0.25) is 0 Å². The molecule has 1 aromatic carbocycles. The molecule has 0 fully saturated rings. The molecule has 2 rings (SSSR count). The van der Waals surface area contributed by atoms with Gasteiger partial charge < -0.3 is 14.6 Å². The van der Waals surface area contributed by atoms with Crippen molar-refractivity contribution < 1.29 is 19.4 Å². The first kappa shape index (κ1) is 30.3. The van der Waals surface area contributed by atoms with Crippen molar-refractivity contribution in [2.24, 2.45) is 17.8 Å². The van der Waals surface area contributed by atoms with Gasteiger partial charge in [0.1, 0.15) is 23.2 Å². The number of esters is 1. The smallest absolute Gasteiger partial charge is 0.330 e. The summed E-state index contributed by atoms with van der Waals surface area (Å²) in [6.45, 7) is 20.8. The molecule has 0 spiro atoms. The van der Waals surface area contributed by atoms with Crippen LogP contribution in [0.25, 0.3) is 0 Å². The maximum absolute atomic E-state index is 12.2. The lowest BCUT2D eigenvalue weighted by Crippen LogP contribution is -2.51. The molecule has 0 amide bonds. The Kier molecular flexibility index (Phi) is 11.4. The first-order valence-electron chi connectivity index (χ1n) is 14.2. The Labute approximate surface area is 220 Å². The van der Waals surface area contributed by atoms with Crippen molar-refractivity contribution in [3.8, 4) is 11.5 Å². The highest BCUT2D eigenvalue weighted by Crippen LogP contribution is 2.45. The molecule has 4 nitrogen and oxygen atoms in total. The molecule has 0 saturated carbocycles. The summed E-state index contributed by atoms with van der Waals surface area (Å²) in [5.41, 5.74) is 2.94. The van der Waals surface area contributed by atoms with Gasteiger partial charge in [-0.25, -0.2) is 4.79 Å². The Balaban J connectivity index is 1.97. The van der Waals surface area contributed by atoms with Crippen LogP contribution >= 0.6 is 0 Å². The quantitative estimate of drug-likeness (QED) is 0.205. The van der Waals surface area contributed by atoms with Crippen LogP contribution in [0.15, 0.2) is 12.7 Å². The number of phenols is 1. The Morgan fingerprint density at radius 1 is 1.00 bits per heavy atom. The molecule has 0 aromatic heterocycles. The Bertz CT molecular complexity index is 887. The van der Waals surface area contributed by atoms with Crippen LogP contribution in [-0.2, 0) is 16.0 Å². The highest BCUT2D eigenvalue weighted by atomic mass is 16.6. The molecule has 0 bridgehead atoms. The van der Waals surface area contributed by atoms with Gasteiger partial charge >= 0.3 is 5.97 Å². The summed E-state index contributed by atoms with van der Waals surface area (Å²) >= 11 is 0. The van der Waals surface area contributed by atoms with E-state index in [1.165, 1.54) is 44.6 Å². The zero-order valence-corrected chi connectivity index (χ0v) is 24.3. The average Bonchev–Trinajstić information content (AvgIpc) is 2.82. The maximum atomic E-state index is 12.2. The molecule has 36 heavy (non-hydrogen) atoms. The summed E-state index contributed by atoms with van der Waals surface area (Å²) in [7, 11) is 0. The summed E-state index contributed by atoms with van der Waals surface area (Å²) < 4.78 is 12.5. The Morgan fingerprint density at radius 2 is 1.56 bits per heavy atom. The molecule has 0 radical (unpaired) electrons. The van der Waals surface area contributed by atoms with Crippen LogP contribution in [0.3, 0.4) is 0 Å². The SMILES string of the molecule is C=CC(=O)OC1Cc2c(C)c(O)c(C)c(C)c2O[C@@]1(C)CCC[C@H](C)CCC[C@@H](C)CCCC(C)C. The second kappa shape index (κ2) is 13.5. The van der Waals surface area contributed by atoms with Crippen molar-refractivity contribution in [2.45, 2.75) is 131 Å². The summed E-state index contributed by atoms with van der Waals surface area (Å²) in [5.74, 6) is 3.01. The Hall–Kier alpha value is -1.97.